The molecule has 0 unspecified atom stereocenters. The van der Waals surface area contributed by atoms with Crippen molar-refractivity contribution in [2.75, 3.05) is 5.43 Å². The molecular weight excluding hydrogens is 318 g/mol. The Morgan fingerprint density at radius 3 is 2.65 bits per heavy atom. The van der Waals surface area contributed by atoms with Crippen LogP contribution in [0.2, 0.25) is 0 Å². The molecule has 0 fully saturated rings. The zero-order valence-electron chi connectivity index (χ0n) is 10.6. The maximum atomic E-state index is 12.3. The Bertz CT molecular complexity index is 796. The first-order chi connectivity index (χ1) is 9.74. The molecule has 0 aliphatic heterocycles. The molecule has 0 spiro atoms. The summed E-state index contributed by atoms with van der Waals surface area (Å²) in [5.74, 6) is 0. The van der Waals surface area contributed by atoms with Gasteiger partial charge in [-0.15, -0.1) is 0 Å². The van der Waals surface area contributed by atoms with Crippen molar-refractivity contribution in [1.82, 2.24) is 9.66 Å². The average Bonchev–Trinajstić information content (AvgIpc) is 2.49. The fourth-order valence-corrected chi connectivity index (χ4v) is 2.22. The van der Waals surface area contributed by atoms with Gasteiger partial charge >= 0.3 is 0 Å². The van der Waals surface area contributed by atoms with Crippen LogP contribution in [0.5, 0.6) is 0 Å². The summed E-state index contributed by atoms with van der Waals surface area (Å²) in [5.41, 5.74) is 4.78. The predicted molar refractivity (Wildman–Crippen MR) is 83.2 cm³/mol. The summed E-state index contributed by atoms with van der Waals surface area (Å²) in [6, 6.07) is 15.3. The van der Waals surface area contributed by atoms with Gasteiger partial charge in [-0.3, -0.25) is 4.79 Å². The lowest BCUT2D eigenvalue weighted by Crippen LogP contribution is -2.28. The molecule has 0 saturated heterocycles. The highest BCUT2D eigenvalue weighted by Gasteiger charge is 2.02. The summed E-state index contributed by atoms with van der Waals surface area (Å²) in [5, 5.41) is 0.610. The lowest BCUT2D eigenvalue weighted by molar-refractivity contribution is 0.791. The number of aromatic nitrogens is 2. The van der Waals surface area contributed by atoms with Crippen LogP contribution >= 0.6 is 15.9 Å². The van der Waals surface area contributed by atoms with Gasteiger partial charge in [0.25, 0.3) is 5.56 Å². The second-order valence-electron chi connectivity index (χ2n) is 4.40. The largest absolute Gasteiger partial charge is 0.317 e. The number of hydrogen-bond donors (Lipinski definition) is 1. The number of rotatable bonds is 3. The number of nitrogens with one attached hydrogen (secondary N) is 1. The van der Waals surface area contributed by atoms with E-state index in [1.165, 1.54) is 11.0 Å². The zero-order chi connectivity index (χ0) is 13.9. The summed E-state index contributed by atoms with van der Waals surface area (Å²) >= 11 is 3.39. The Balaban J connectivity index is 1.86. The van der Waals surface area contributed by atoms with Crippen molar-refractivity contribution < 1.29 is 0 Å². The molecule has 2 aromatic carbocycles. The standard InChI is InChI=1S/C15H12BrN3O/c16-12-7-5-11(6-8-12)9-18-19-10-17-14-4-2-1-3-13(14)15(19)20/h1-8,10,18H,9H2. The van der Waals surface area contributed by atoms with Crippen molar-refractivity contribution in [1.29, 1.82) is 0 Å². The van der Waals surface area contributed by atoms with Crippen LogP contribution in [-0.2, 0) is 6.54 Å². The minimum Gasteiger partial charge on any atom is -0.317 e. The van der Waals surface area contributed by atoms with Gasteiger partial charge in [-0.05, 0) is 29.8 Å². The summed E-state index contributed by atoms with van der Waals surface area (Å²) in [6.45, 7) is 0.563. The molecule has 0 aliphatic rings. The van der Waals surface area contributed by atoms with E-state index < -0.39 is 0 Å². The summed E-state index contributed by atoms with van der Waals surface area (Å²) < 4.78 is 2.45. The number of para-hydroxylation sites is 1. The van der Waals surface area contributed by atoms with E-state index in [2.05, 4.69) is 26.3 Å². The number of halogens is 1. The Morgan fingerprint density at radius 2 is 1.85 bits per heavy atom. The minimum atomic E-state index is -0.0901. The Labute approximate surface area is 124 Å². The Hall–Kier alpha value is -2.14. The lowest BCUT2D eigenvalue weighted by Gasteiger charge is -2.09. The topological polar surface area (TPSA) is 46.9 Å². The van der Waals surface area contributed by atoms with Crippen LogP contribution in [0.1, 0.15) is 5.56 Å². The third-order valence-corrected chi connectivity index (χ3v) is 3.56. The lowest BCUT2D eigenvalue weighted by atomic mass is 10.2. The number of nitrogens with zero attached hydrogens (tertiary/aromatic N) is 2. The normalized spacial score (nSPS) is 10.7. The van der Waals surface area contributed by atoms with E-state index in [0.717, 1.165) is 10.0 Å². The van der Waals surface area contributed by atoms with E-state index in [9.17, 15) is 4.79 Å². The molecule has 0 saturated carbocycles. The average molecular weight is 330 g/mol. The van der Waals surface area contributed by atoms with Crippen LogP contribution in [0.4, 0.5) is 0 Å². The number of hydrogen-bond acceptors (Lipinski definition) is 3. The van der Waals surface area contributed by atoms with Crippen molar-refractivity contribution in [3.05, 3.63) is 75.2 Å². The van der Waals surface area contributed by atoms with Gasteiger partial charge in [0.05, 0.1) is 17.4 Å². The van der Waals surface area contributed by atoms with Gasteiger partial charge in [0, 0.05) is 4.47 Å². The van der Waals surface area contributed by atoms with Crippen LogP contribution in [-0.4, -0.2) is 9.66 Å². The minimum absolute atomic E-state index is 0.0901. The van der Waals surface area contributed by atoms with Crippen LogP contribution in [0.15, 0.2) is 64.1 Å². The van der Waals surface area contributed by atoms with Gasteiger partial charge in [0.15, 0.2) is 0 Å². The molecule has 0 amide bonds. The molecule has 0 atom stereocenters. The summed E-state index contributed by atoms with van der Waals surface area (Å²) in [6.07, 6.45) is 1.52. The van der Waals surface area contributed by atoms with E-state index in [1.807, 2.05) is 42.5 Å². The van der Waals surface area contributed by atoms with E-state index in [-0.39, 0.29) is 5.56 Å². The van der Waals surface area contributed by atoms with Gasteiger partial charge in [-0.25, -0.2) is 9.66 Å². The second kappa shape index (κ2) is 5.46. The molecule has 100 valence electrons. The summed E-state index contributed by atoms with van der Waals surface area (Å²) in [7, 11) is 0. The highest BCUT2D eigenvalue weighted by Crippen LogP contribution is 2.10. The molecule has 4 nitrogen and oxygen atoms in total. The maximum absolute atomic E-state index is 12.3. The van der Waals surface area contributed by atoms with Gasteiger partial charge < -0.3 is 5.43 Å². The van der Waals surface area contributed by atoms with E-state index in [1.54, 1.807) is 6.07 Å². The fraction of sp³-hybridized carbons (Fsp3) is 0.0667. The molecule has 3 rings (SSSR count). The van der Waals surface area contributed by atoms with Gasteiger partial charge in [0.1, 0.15) is 6.33 Å². The molecular formula is C15H12BrN3O. The molecule has 1 heterocycles. The first kappa shape index (κ1) is 12.9. The van der Waals surface area contributed by atoms with Gasteiger partial charge in [-0.2, -0.15) is 0 Å². The highest BCUT2D eigenvalue weighted by molar-refractivity contribution is 9.10. The quantitative estimate of drug-likeness (QED) is 0.803. The monoisotopic (exact) mass is 329 g/mol. The first-order valence-electron chi connectivity index (χ1n) is 6.19. The number of fused-ring (bicyclic) bond motifs is 1. The maximum Gasteiger partial charge on any atom is 0.279 e. The smallest absolute Gasteiger partial charge is 0.279 e. The van der Waals surface area contributed by atoms with E-state index in [0.29, 0.717) is 17.4 Å². The van der Waals surface area contributed by atoms with Crippen molar-refractivity contribution in [2.24, 2.45) is 0 Å². The molecule has 5 heteroatoms. The predicted octanol–water partition coefficient (Wildman–Crippen LogP) is 2.90. The Morgan fingerprint density at radius 1 is 1.10 bits per heavy atom. The van der Waals surface area contributed by atoms with Crippen LogP contribution < -0.4 is 11.0 Å². The fourth-order valence-electron chi connectivity index (χ4n) is 1.96. The molecule has 3 aromatic rings. The van der Waals surface area contributed by atoms with Crippen molar-refractivity contribution in [3.8, 4) is 0 Å². The molecule has 1 N–H and O–H groups in total. The molecule has 1 aromatic heterocycles. The SMILES string of the molecule is O=c1c2ccccc2ncn1NCc1ccc(Br)cc1. The van der Waals surface area contributed by atoms with Crippen LogP contribution in [0, 0.1) is 0 Å². The van der Waals surface area contributed by atoms with E-state index >= 15 is 0 Å². The molecule has 20 heavy (non-hydrogen) atoms. The second-order valence-corrected chi connectivity index (χ2v) is 5.31. The number of benzene rings is 2. The molecule has 0 aliphatic carbocycles. The van der Waals surface area contributed by atoms with Crippen LogP contribution in [0.25, 0.3) is 10.9 Å². The highest BCUT2D eigenvalue weighted by atomic mass is 79.9. The molecule has 0 radical (unpaired) electrons. The third kappa shape index (κ3) is 2.58. The first-order valence-corrected chi connectivity index (χ1v) is 6.98. The third-order valence-electron chi connectivity index (χ3n) is 3.03. The van der Waals surface area contributed by atoms with Gasteiger partial charge in [-0.1, -0.05) is 40.2 Å². The Kier molecular flexibility index (Phi) is 3.52. The zero-order valence-corrected chi connectivity index (χ0v) is 12.2. The van der Waals surface area contributed by atoms with E-state index in [4.69, 9.17) is 0 Å². The van der Waals surface area contributed by atoms with Crippen LogP contribution in [0.3, 0.4) is 0 Å². The van der Waals surface area contributed by atoms with Gasteiger partial charge in [0.2, 0.25) is 0 Å². The van der Waals surface area contributed by atoms with Crippen molar-refractivity contribution in [3.63, 3.8) is 0 Å². The van der Waals surface area contributed by atoms with Crippen molar-refractivity contribution in [2.45, 2.75) is 6.54 Å². The van der Waals surface area contributed by atoms with Crippen molar-refractivity contribution >= 4 is 26.8 Å². The summed E-state index contributed by atoms with van der Waals surface area (Å²) in [4.78, 5) is 16.5. The molecule has 0 bridgehead atoms.